The molecule has 0 fully saturated rings. The lowest BCUT2D eigenvalue weighted by Gasteiger charge is -2.21. The summed E-state index contributed by atoms with van der Waals surface area (Å²) in [4.78, 5) is 0. The molecule has 2 aromatic rings. The Labute approximate surface area is 127 Å². The van der Waals surface area contributed by atoms with Crippen LogP contribution in [0, 0.1) is 5.82 Å². The third-order valence-corrected chi connectivity index (χ3v) is 3.68. The summed E-state index contributed by atoms with van der Waals surface area (Å²) in [5.74, 6) is 1.02. The highest BCUT2D eigenvalue weighted by molar-refractivity contribution is 6.31. The van der Waals surface area contributed by atoms with E-state index in [-0.39, 0.29) is 11.1 Å². The molecule has 3 rings (SSSR count). The van der Waals surface area contributed by atoms with Crippen LogP contribution in [-0.4, -0.2) is 13.2 Å². The second-order valence-corrected chi connectivity index (χ2v) is 5.28. The number of fused-ring (bicyclic) bond motifs is 1. The Morgan fingerprint density at radius 3 is 2.71 bits per heavy atom. The van der Waals surface area contributed by atoms with E-state index in [1.165, 1.54) is 6.07 Å². The number of hydrogen-bond acceptors (Lipinski definition) is 3. The lowest BCUT2D eigenvalue weighted by Crippen LogP contribution is -2.16. The van der Waals surface area contributed by atoms with Gasteiger partial charge in [-0.2, -0.15) is 0 Å². The van der Waals surface area contributed by atoms with E-state index in [1.807, 2.05) is 25.1 Å². The van der Waals surface area contributed by atoms with Gasteiger partial charge in [-0.25, -0.2) is 4.39 Å². The normalized spacial score (nSPS) is 14.6. The molecule has 0 saturated carbocycles. The van der Waals surface area contributed by atoms with E-state index in [2.05, 4.69) is 5.32 Å². The molecule has 0 amide bonds. The van der Waals surface area contributed by atoms with Crippen LogP contribution in [0.25, 0.3) is 0 Å². The van der Waals surface area contributed by atoms with Crippen LogP contribution in [0.3, 0.4) is 0 Å². The van der Waals surface area contributed by atoms with Gasteiger partial charge in [0.25, 0.3) is 0 Å². The molecule has 1 unspecified atom stereocenters. The van der Waals surface area contributed by atoms with Gasteiger partial charge in [0.15, 0.2) is 17.3 Å². The molecule has 1 N–H and O–H groups in total. The number of ether oxygens (including phenoxy) is 2. The second kappa shape index (κ2) is 5.82. The molecule has 1 atom stereocenters. The quantitative estimate of drug-likeness (QED) is 0.910. The first-order chi connectivity index (χ1) is 10.1. The molecular weight excluding hydrogens is 293 g/mol. The Kier molecular flexibility index (Phi) is 3.88. The van der Waals surface area contributed by atoms with E-state index in [0.29, 0.717) is 18.9 Å². The minimum Gasteiger partial charge on any atom is -0.486 e. The van der Waals surface area contributed by atoms with Gasteiger partial charge < -0.3 is 14.8 Å². The van der Waals surface area contributed by atoms with Crippen LogP contribution >= 0.6 is 11.6 Å². The highest BCUT2D eigenvalue weighted by Crippen LogP contribution is 2.34. The summed E-state index contributed by atoms with van der Waals surface area (Å²) in [6.45, 7) is 3.06. The topological polar surface area (TPSA) is 30.5 Å². The maximum Gasteiger partial charge on any atom is 0.164 e. The maximum atomic E-state index is 13.9. The number of anilines is 1. The summed E-state index contributed by atoms with van der Waals surface area (Å²) in [7, 11) is 0. The number of benzene rings is 2. The van der Waals surface area contributed by atoms with Crippen LogP contribution < -0.4 is 14.8 Å². The van der Waals surface area contributed by atoms with Crippen molar-refractivity contribution in [3.63, 3.8) is 0 Å². The van der Waals surface area contributed by atoms with Crippen molar-refractivity contribution in [1.82, 2.24) is 0 Å². The van der Waals surface area contributed by atoms with Crippen LogP contribution in [0.1, 0.15) is 18.5 Å². The molecule has 0 saturated heterocycles. The van der Waals surface area contributed by atoms with Crippen LogP contribution in [0.4, 0.5) is 10.1 Å². The molecule has 1 aliphatic rings. The highest BCUT2D eigenvalue weighted by Gasteiger charge is 2.15. The Bertz CT molecular complexity index is 663. The van der Waals surface area contributed by atoms with E-state index in [4.69, 9.17) is 21.1 Å². The molecule has 0 aliphatic carbocycles. The minimum atomic E-state index is -0.441. The van der Waals surface area contributed by atoms with E-state index in [1.54, 1.807) is 12.1 Å². The fourth-order valence-electron chi connectivity index (χ4n) is 2.26. The van der Waals surface area contributed by atoms with Crippen molar-refractivity contribution in [3.05, 3.63) is 52.8 Å². The van der Waals surface area contributed by atoms with E-state index < -0.39 is 5.82 Å². The molecule has 0 bridgehead atoms. The third-order valence-electron chi connectivity index (χ3n) is 3.39. The van der Waals surface area contributed by atoms with E-state index in [9.17, 15) is 4.39 Å². The summed E-state index contributed by atoms with van der Waals surface area (Å²) < 4.78 is 25.0. The number of hydrogen-bond donors (Lipinski definition) is 1. The van der Waals surface area contributed by atoms with Crippen LogP contribution in [-0.2, 0) is 0 Å². The lowest BCUT2D eigenvalue weighted by atomic mass is 10.1. The standard InChI is InChI=1S/C16H15ClFNO2/c1-10(19-13-4-2-3-12(17)16(13)18)11-5-6-14-15(9-11)21-8-7-20-14/h2-6,9-10,19H,7-8H2,1H3. The zero-order valence-corrected chi connectivity index (χ0v) is 12.3. The first kappa shape index (κ1) is 14.0. The molecule has 5 heteroatoms. The largest absolute Gasteiger partial charge is 0.486 e. The van der Waals surface area contributed by atoms with Crippen molar-refractivity contribution in [1.29, 1.82) is 0 Å². The molecule has 1 aliphatic heterocycles. The number of rotatable bonds is 3. The predicted octanol–water partition coefficient (Wildman–Crippen LogP) is 4.42. The van der Waals surface area contributed by atoms with Gasteiger partial charge in [0.1, 0.15) is 13.2 Å². The molecule has 21 heavy (non-hydrogen) atoms. The van der Waals surface area contributed by atoms with E-state index in [0.717, 1.165) is 17.1 Å². The monoisotopic (exact) mass is 307 g/mol. The fraction of sp³-hybridized carbons (Fsp3) is 0.250. The van der Waals surface area contributed by atoms with E-state index >= 15 is 0 Å². The van der Waals surface area contributed by atoms with Gasteiger partial charge in [-0.05, 0) is 36.8 Å². The van der Waals surface area contributed by atoms with Crippen LogP contribution in [0.5, 0.6) is 11.5 Å². The van der Waals surface area contributed by atoms with Crippen LogP contribution in [0.2, 0.25) is 5.02 Å². The molecule has 2 aromatic carbocycles. The lowest BCUT2D eigenvalue weighted by molar-refractivity contribution is 0.171. The van der Waals surface area contributed by atoms with Gasteiger partial charge in [-0.1, -0.05) is 23.7 Å². The van der Waals surface area contributed by atoms with Crippen molar-refractivity contribution >= 4 is 17.3 Å². The van der Waals surface area contributed by atoms with Gasteiger partial charge in [0.2, 0.25) is 0 Å². The maximum absolute atomic E-state index is 13.9. The molecule has 110 valence electrons. The molecule has 0 spiro atoms. The summed E-state index contributed by atoms with van der Waals surface area (Å²) in [6.07, 6.45) is 0. The number of halogens is 2. The van der Waals surface area contributed by atoms with Gasteiger partial charge in [0.05, 0.1) is 10.7 Å². The Balaban J connectivity index is 1.82. The van der Waals surface area contributed by atoms with Gasteiger partial charge in [-0.15, -0.1) is 0 Å². The van der Waals surface area contributed by atoms with Crippen LogP contribution in [0.15, 0.2) is 36.4 Å². The van der Waals surface area contributed by atoms with Gasteiger partial charge >= 0.3 is 0 Å². The third kappa shape index (κ3) is 2.90. The first-order valence-electron chi connectivity index (χ1n) is 6.75. The molecule has 1 heterocycles. The first-order valence-corrected chi connectivity index (χ1v) is 7.13. The molecule has 0 aromatic heterocycles. The predicted molar refractivity (Wildman–Crippen MR) is 80.9 cm³/mol. The Morgan fingerprint density at radius 2 is 1.90 bits per heavy atom. The van der Waals surface area contributed by atoms with Crippen molar-refractivity contribution < 1.29 is 13.9 Å². The average Bonchev–Trinajstić information content (AvgIpc) is 2.51. The zero-order chi connectivity index (χ0) is 14.8. The summed E-state index contributed by atoms with van der Waals surface area (Å²) in [5, 5.41) is 3.22. The Hall–Kier alpha value is -1.94. The van der Waals surface area contributed by atoms with Crippen molar-refractivity contribution in [2.24, 2.45) is 0 Å². The van der Waals surface area contributed by atoms with Crippen molar-refractivity contribution in [2.75, 3.05) is 18.5 Å². The summed E-state index contributed by atoms with van der Waals surface area (Å²) in [6, 6.07) is 10.5. The second-order valence-electron chi connectivity index (χ2n) is 4.87. The summed E-state index contributed by atoms with van der Waals surface area (Å²) in [5.41, 5.74) is 1.36. The SMILES string of the molecule is CC(Nc1cccc(Cl)c1F)c1ccc2c(c1)OCCO2. The highest BCUT2D eigenvalue weighted by atomic mass is 35.5. The summed E-state index contributed by atoms with van der Waals surface area (Å²) >= 11 is 5.79. The minimum absolute atomic E-state index is 0.0891. The van der Waals surface area contributed by atoms with Crippen molar-refractivity contribution in [2.45, 2.75) is 13.0 Å². The Morgan fingerprint density at radius 1 is 1.14 bits per heavy atom. The smallest absolute Gasteiger partial charge is 0.164 e. The molecule has 0 radical (unpaired) electrons. The van der Waals surface area contributed by atoms with Gasteiger partial charge in [0, 0.05) is 6.04 Å². The molecular formula is C16H15ClFNO2. The average molecular weight is 308 g/mol. The molecule has 3 nitrogen and oxygen atoms in total. The van der Waals surface area contributed by atoms with Gasteiger partial charge in [-0.3, -0.25) is 0 Å². The van der Waals surface area contributed by atoms with Crippen molar-refractivity contribution in [3.8, 4) is 11.5 Å². The fourth-order valence-corrected chi connectivity index (χ4v) is 2.44. The number of nitrogens with one attached hydrogen (secondary N) is 1. The zero-order valence-electron chi connectivity index (χ0n) is 11.5.